The SMILES string of the molecule is Cc1ccc(/C=N/N(C(=O)c2ccccc2I)c2nc3ccc(F)cc3s2)cc1. The van der Waals surface area contributed by atoms with Crippen LogP contribution in [0.15, 0.2) is 71.8 Å². The van der Waals surface area contributed by atoms with Crippen molar-refractivity contribution >= 4 is 61.4 Å². The molecule has 0 spiro atoms. The van der Waals surface area contributed by atoms with Gasteiger partial charge in [0.2, 0.25) is 5.13 Å². The zero-order valence-electron chi connectivity index (χ0n) is 15.3. The molecule has 1 amide bonds. The summed E-state index contributed by atoms with van der Waals surface area (Å²) in [7, 11) is 0. The monoisotopic (exact) mass is 515 g/mol. The number of hydrazone groups is 1. The maximum Gasteiger partial charge on any atom is 0.281 e. The second kappa shape index (κ2) is 8.38. The molecule has 0 atom stereocenters. The Balaban J connectivity index is 1.78. The molecule has 0 radical (unpaired) electrons. The first-order valence-corrected chi connectivity index (χ1v) is 10.7. The average molecular weight is 515 g/mol. The second-order valence-electron chi connectivity index (χ2n) is 6.36. The van der Waals surface area contributed by atoms with Crippen LogP contribution in [-0.4, -0.2) is 17.1 Å². The number of carbonyl (C=O) groups is 1. The molecule has 4 rings (SSSR count). The van der Waals surface area contributed by atoms with Gasteiger partial charge in [0.05, 0.1) is 22.0 Å². The normalized spacial score (nSPS) is 11.3. The molecule has 0 bridgehead atoms. The van der Waals surface area contributed by atoms with E-state index in [4.69, 9.17) is 0 Å². The average Bonchev–Trinajstić information content (AvgIpc) is 3.12. The highest BCUT2D eigenvalue weighted by Crippen LogP contribution is 2.31. The predicted molar refractivity (Wildman–Crippen MR) is 124 cm³/mol. The van der Waals surface area contributed by atoms with Crippen LogP contribution in [0.1, 0.15) is 21.5 Å². The largest absolute Gasteiger partial charge is 0.281 e. The van der Waals surface area contributed by atoms with Gasteiger partial charge in [-0.2, -0.15) is 10.1 Å². The molecule has 0 unspecified atom stereocenters. The van der Waals surface area contributed by atoms with E-state index >= 15 is 0 Å². The fraction of sp³-hybridized carbons (Fsp3) is 0.0455. The van der Waals surface area contributed by atoms with Gasteiger partial charge in [-0.25, -0.2) is 9.37 Å². The van der Waals surface area contributed by atoms with E-state index in [2.05, 4.69) is 32.7 Å². The summed E-state index contributed by atoms with van der Waals surface area (Å²) >= 11 is 3.35. The molecule has 0 aliphatic rings. The van der Waals surface area contributed by atoms with E-state index in [-0.39, 0.29) is 11.7 Å². The fourth-order valence-electron chi connectivity index (χ4n) is 2.69. The third-order valence-electron chi connectivity index (χ3n) is 4.22. The molecule has 0 aliphatic carbocycles. The summed E-state index contributed by atoms with van der Waals surface area (Å²) < 4.78 is 15.1. The number of aromatic nitrogens is 1. The molecule has 0 fully saturated rings. The van der Waals surface area contributed by atoms with Crippen molar-refractivity contribution in [1.29, 1.82) is 0 Å². The van der Waals surface area contributed by atoms with Gasteiger partial charge >= 0.3 is 0 Å². The molecular weight excluding hydrogens is 500 g/mol. The number of benzene rings is 3. The van der Waals surface area contributed by atoms with Gasteiger partial charge in [0.25, 0.3) is 5.91 Å². The van der Waals surface area contributed by atoms with Crippen molar-refractivity contribution in [3.63, 3.8) is 0 Å². The van der Waals surface area contributed by atoms with Crippen molar-refractivity contribution in [2.24, 2.45) is 5.10 Å². The predicted octanol–water partition coefficient (Wildman–Crippen LogP) is 6.03. The summed E-state index contributed by atoms with van der Waals surface area (Å²) in [6, 6.07) is 19.5. The zero-order chi connectivity index (χ0) is 20.4. The highest BCUT2D eigenvalue weighted by Gasteiger charge is 2.22. The lowest BCUT2D eigenvalue weighted by molar-refractivity contribution is 0.0987. The van der Waals surface area contributed by atoms with Gasteiger partial charge in [-0.15, -0.1) is 0 Å². The van der Waals surface area contributed by atoms with E-state index in [1.807, 2.05) is 49.4 Å². The third kappa shape index (κ3) is 4.35. The summed E-state index contributed by atoms with van der Waals surface area (Å²) in [5.41, 5.74) is 3.16. The van der Waals surface area contributed by atoms with Crippen molar-refractivity contribution in [2.45, 2.75) is 6.92 Å². The maximum absolute atomic E-state index is 13.6. The minimum absolute atomic E-state index is 0.294. The standard InChI is InChI=1S/C22H15FIN3OS/c1-14-6-8-15(9-7-14)13-25-27(21(28)17-4-2-3-5-18(17)24)22-26-19-11-10-16(23)12-20(19)29-22/h2-13H,1H3/b25-13+. The Bertz CT molecular complexity index is 1220. The van der Waals surface area contributed by atoms with Crippen LogP contribution < -0.4 is 5.01 Å². The zero-order valence-corrected chi connectivity index (χ0v) is 18.3. The number of nitrogens with zero attached hydrogens (tertiary/aromatic N) is 3. The van der Waals surface area contributed by atoms with Crippen molar-refractivity contribution in [3.05, 3.63) is 92.8 Å². The molecule has 4 nitrogen and oxygen atoms in total. The van der Waals surface area contributed by atoms with Crippen LogP contribution in [-0.2, 0) is 0 Å². The lowest BCUT2D eigenvalue weighted by atomic mass is 10.2. The third-order valence-corrected chi connectivity index (χ3v) is 6.15. The van der Waals surface area contributed by atoms with Gasteiger partial charge in [-0.1, -0.05) is 53.3 Å². The number of fused-ring (bicyclic) bond motifs is 1. The van der Waals surface area contributed by atoms with Gasteiger partial charge < -0.3 is 0 Å². The number of carbonyl (C=O) groups excluding carboxylic acids is 1. The van der Waals surface area contributed by atoms with Gasteiger partial charge in [0.1, 0.15) is 5.82 Å². The first-order chi connectivity index (χ1) is 14.0. The number of hydrogen-bond donors (Lipinski definition) is 0. The summed E-state index contributed by atoms with van der Waals surface area (Å²) in [4.78, 5) is 17.8. The van der Waals surface area contributed by atoms with Crippen LogP contribution in [0, 0.1) is 16.3 Å². The van der Waals surface area contributed by atoms with Crippen molar-refractivity contribution < 1.29 is 9.18 Å². The van der Waals surface area contributed by atoms with Crippen LogP contribution in [0.25, 0.3) is 10.2 Å². The molecule has 0 N–H and O–H groups in total. The van der Waals surface area contributed by atoms with E-state index in [1.165, 1.54) is 28.5 Å². The minimum Gasteiger partial charge on any atom is -0.267 e. The molecule has 7 heteroatoms. The number of rotatable bonds is 4. The lowest BCUT2D eigenvalue weighted by Gasteiger charge is -2.14. The molecule has 1 heterocycles. The van der Waals surface area contributed by atoms with Gasteiger partial charge in [-0.05, 0) is 65.4 Å². The first-order valence-electron chi connectivity index (χ1n) is 8.77. The number of anilines is 1. The Morgan fingerprint density at radius 2 is 1.90 bits per heavy atom. The maximum atomic E-state index is 13.6. The number of thiazole rings is 1. The fourth-order valence-corrected chi connectivity index (χ4v) is 4.26. The molecule has 144 valence electrons. The Morgan fingerprint density at radius 3 is 2.66 bits per heavy atom. The number of halogens is 2. The topological polar surface area (TPSA) is 45.6 Å². The molecule has 29 heavy (non-hydrogen) atoms. The van der Waals surface area contributed by atoms with Crippen molar-refractivity contribution in [3.8, 4) is 0 Å². The van der Waals surface area contributed by atoms with Crippen LogP contribution in [0.3, 0.4) is 0 Å². The number of aryl methyl sites for hydroxylation is 1. The lowest BCUT2D eigenvalue weighted by Crippen LogP contribution is -2.26. The molecular formula is C22H15FIN3OS. The highest BCUT2D eigenvalue weighted by molar-refractivity contribution is 14.1. The summed E-state index contributed by atoms with van der Waals surface area (Å²) in [6.45, 7) is 2.01. The first kappa shape index (κ1) is 19.7. The Kier molecular flexibility index (Phi) is 5.68. The smallest absolute Gasteiger partial charge is 0.267 e. The summed E-state index contributed by atoms with van der Waals surface area (Å²) in [5.74, 6) is -0.635. The molecule has 4 aromatic rings. The molecule has 0 saturated heterocycles. The molecule has 3 aromatic carbocycles. The Morgan fingerprint density at radius 1 is 1.14 bits per heavy atom. The van der Waals surface area contributed by atoms with Gasteiger partial charge in [0.15, 0.2) is 0 Å². The number of amides is 1. The van der Waals surface area contributed by atoms with Gasteiger partial charge in [-0.3, -0.25) is 4.79 Å². The summed E-state index contributed by atoms with van der Waals surface area (Å²) in [6.07, 6.45) is 1.62. The van der Waals surface area contributed by atoms with E-state index in [1.54, 1.807) is 18.3 Å². The second-order valence-corrected chi connectivity index (χ2v) is 8.53. The van der Waals surface area contributed by atoms with E-state index < -0.39 is 0 Å². The quantitative estimate of drug-likeness (QED) is 0.189. The van der Waals surface area contributed by atoms with Crippen molar-refractivity contribution in [1.82, 2.24) is 4.98 Å². The summed E-state index contributed by atoms with van der Waals surface area (Å²) in [5, 5.41) is 6.10. The molecule has 1 aromatic heterocycles. The van der Waals surface area contributed by atoms with Crippen LogP contribution >= 0.6 is 33.9 Å². The van der Waals surface area contributed by atoms with Crippen LogP contribution in [0.4, 0.5) is 9.52 Å². The number of hydrogen-bond acceptors (Lipinski definition) is 4. The Labute approximate surface area is 184 Å². The van der Waals surface area contributed by atoms with E-state index in [9.17, 15) is 9.18 Å². The molecule has 0 aliphatic heterocycles. The van der Waals surface area contributed by atoms with Crippen LogP contribution in [0.5, 0.6) is 0 Å². The van der Waals surface area contributed by atoms with E-state index in [0.717, 1.165) is 14.7 Å². The van der Waals surface area contributed by atoms with Gasteiger partial charge in [0, 0.05) is 3.57 Å². The van der Waals surface area contributed by atoms with E-state index in [0.29, 0.717) is 20.9 Å². The molecule has 0 saturated carbocycles. The Hall–Kier alpha value is -2.65. The van der Waals surface area contributed by atoms with Crippen molar-refractivity contribution in [2.75, 3.05) is 5.01 Å². The van der Waals surface area contributed by atoms with Crippen LogP contribution in [0.2, 0.25) is 0 Å². The highest BCUT2D eigenvalue weighted by atomic mass is 127. The minimum atomic E-state index is -0.341.